The number of allylic oxidation sites excluding steroid dienone is 2. The van der Waals surface area contributed by atoms with Gasteiger partial charge in [0.15, 0.2) is 0 Å². The van der Waals surface area contributed by atoms with Crippen LogP contribution in [0, 0.1) is 11.8 Å². The number of esters is 1. The first-order chi connectivity index (χ1) is 13.2. The van der Waals surface area contributed by atoms with E-state index in [1.54, 1.807) is 0 Å². The molecule has 5 heteroatoms. The molecule has 1 saturated carbocycles. The van der Waals surface area contributed by atoms with Gasteiger partial charge >= 0.3 is 35.5 Å². The van der Waals surface area contributed by atoms with Crippen LogP contribution >= 0.6 is 0 Å². The summed E-state index contributed by atoms with van der Waals surface area (Å²) in [5, 5.41) is 11.1. The van der Waals surface area contributed by atoms with Gasteiger partial charge in [-0.15, -0.1) is 0 Å². The summed E-state index contributed by atoms with van der Waals surface area (Å²) in [6, 6.07) is 0. The summed E-state index contributed by atoms with van der Waals surface area (Å²) in [6.07, 6.45) is 20.7. The van der Waals surface area contributed by atoms with E-state index in [0.717, 1.165) is 25.7 Å². The molecular weight excluding hydrogens is 363 g/mol. The fraction of sp³-hybridized carbons (Fsp3) is 0.826. The van der Waals surface area contributed by atoms with Crippen molar-refractivity contribution >= 4 is 11.9 Å². The first-order valence-corrected chi connectivity index (χ1v) is 11.2. The smallest absolute Gasteiger partial charge is 0.550 e. The third kappa shape index (κ3) is 13.0. The Balaban J connectivity index is 0.00000729. The summed E-state index contributed by atoms with van der Waals surface area (Å²) in [7, 11) is 0. The Morgan fingerprint density at radius 1 is 0.857 bits per heavy atom. The van der Waals surface area contributed by atoms with Gasteiger partial charge in [0, 0.05) is 11.9 Å². The first-order valence-electron chi connectivity index (χ1n) is 11.2. The Labute approximate surface area is 194 Å². The van der Waals surface area contributed by atoms with Crippen molar-refractivity contribution in [2.24, 2.45) is 11.8 Å². The van der Waals surface area contributed by atoms with E-state index in [1.807, 2.05) is 0 Å². The molecule has 156 valence electrons. The number of ether oxygens (including phenoxy) is 1. The minimum absolute atomic E-state index is 0. The summed E-state index contributed by atoms with van der Waals surface area (Å²) in [4.78, 5) is 23.3. The zero-order chi connectivity index (χ0) is 19.7. The predicted molar refractivity (Wildman–Crippen MR) is 107 cm³/mol. The predicted octanol–water partition coefficient (Wildman–Crippen LogP) is 1.96. The molecular formula is C23H39NaO4. The summed E-state index contributed by atoms with van der Waals surface area (Å²) in [5.74, 6) is -2.60. The molecule has 0 aromatic rings. The van der Waals surface area contributed by atoms with E-state index in [4.69, 9.17) is 4.74 Å². The Hall–Kier alpha value is -0.320. The molecule has 0 spiro atoms. The second-order valence-electron chi connectivity index (χ2n) is 7.86. The number of carboxylic acids is 1. The maximum Gasteiger partial charge on any atom is 1.00 e. The van der Waals surface area contributed by atoms with E-state index >= 15 is 0 Å². The molecule has 0 radical (unpaired) electrons. The van der Waals surface area contributed by atoms with Crippen molar-refractivity contribution in [3.63, 3.8) is 0 Å². The van der Waals surface area contributed by atoms with Gasteiger partial charge in [0.1, 0.15) is 0 Å². The van der Waals surface area contributed by atoms with Gasteiger partial charge < -0.3 is 14.6 Å². The molecule has 4 nitrogen and oxygen atoms in total. The molecule has 0 aromatic heterocycles. The third-order valence-corrected chi connectivity index (χ3v) is 5.52. The van der Waals surface area contributed by atoms with Crippen LogP contribution < -0.4 is 34.7 Å². The second kappa shape index (κ2) is 18.7. The largest absolute Gasteiger partial charge is 1.00 e. The normalized spacial score (nSPS) is 19.3. The van der Waals surface area contributed by atoms with Gasteiger partial charge in [0.05, 0.1) is 12.5 Å². The minimum atomic E-state index is -1.10. The Bertz CT molecular complexity index is 436. The molecule has 0 aromatic carbocycles. The second-order valence-corrected chi connectivity index (χ2v) is 7.86. The number of unbranched alkanes of at least 4 members (excludes halogenated alkanes) is 9. The molecule has 0 amide bonds. The van der Waals surface area contributed by atoms with Crippen molar-refractivity contribution in [1.29, 1.82) is 0 Å². The van der Waals surface area contributed by atoms with Crippen LogP contribution in [0.15, 0.2) is 12.2 Å². The maximum absolute atomic E-state index is 12.1. The zero-order valence-electron chi connectivity index (χ0n) is 18.3. The average molecular weight is 403 g/mol. The molecule has 0 bridgehead atoms. The molecule has 28 heavy (non-hydrogen) atoms. The van der Waals surface area contributed by atoms with Crippen LogP contribution in [0.3, 0.4) is 0 Å². The monoisotopic (exact) mass is 402 g/mol. The summed E-state index contributed by atoms with van der Waals surface area (Å²) in [5.41, 5.74) is 0. The number of rotatable bonds is 15. The molecule has 2 unspecified atom stereocenters. The van der Waals surface area contributed by atoms with Crippen LogP contribution in [0.2, 0.25) is 0 Å². The molecule has 1 aliphatic carbocycles. The van der Waals surface area contributed by atoms with E-state index in [-0.39, 0.29) is 35.5 Å². The van der Waals surface area contributed by atoms with Crippen LogP contribution in [0.1, 0.15) is 103 Å². The van der Waals surface area contributed by atoms with Crippen molar-refractivity contribution in [2.45, 2.75) is 103 Å². The van der Waals surface area contributed by atoms with E-state index < -0.39 is 17.8 Å². The van der Waals surface area contributed by atoms with Crippen LogP contribution in [0.4, 0.5) is 0 Å². The zero-order valence-corrected chi connectivity index (χ0v) is 20.3. The van der Waals surface area contributed by atoms with Gasteiger partial charge in [0.25, 0.3) is 0 Å². The van der Waals surface area contributed by atoms with Crippen molar-refractivity contribution in [2.75, 3.05) is 6.61 Å². The Morgan fingerprint density at radius 3 is 2.00 bits per heavy atom. The number of hydrogen-bond acceptors (Lipinski definition) is 4. The summed E-state index contributed by atoms with van der Waals surface area (Å²) < 4.78 is 5.32. The summed E-state index contributed by atoms with van der Waals surface area (Å²) >= 11 is 0. The topological polar surface area (TPSA) is 66.4 Å². The van der Waals surface area contributed by atoms with E-state index in [1.165, 1.54) is 57.8 Å². The Morgan fingerprint density at radius 2 is 1.39 bits per heavy atom. The number of carbonyl (C=O) groups excluding carboxylic acids is 2. The fourth-order valence-corrected chi connectivity index (χ4v) is 3.79. The molecule has 2 atom stereocenters. The fourth-order valence-electron chi connectivity index (χ4n) is 3.79. The molecule has 0 saturated heterocycles. The molecule has 1 fully saturated rings. The van der Waals surface area contributed by atoms with Crippen molar-refractivity contribution in [1.82, 2.24) is 0 Å². The first kappa shape index (κ1) is 27.7. The summed E-state index contributed by atoms with van der Waals surface area (Å²) in [6.45, 7) is 2.65. The van der Waals surface area contributed by atoms with Crippen LogP contribution in [0.25, 0.3) is 0 Å². The van der Waals surface area contributed by atoms with E-state index in [0.29, 0.717) is 19.4 Å². The van der Waals surface area contributed by atoms with Crippen LogP contribution in [0.5, 0.6) is 0 Å². The third-order valence-electron chi connectivity index (χ3n) is 5.52. The average Bonchev–Trinajstić information content (AvgIpc) is 2.68. The van der Waals surface area contributed by atoms with Gasteiger partial charge in [-0.2, -0.15) is 0 Å². The Kier molecular flexibility index (Phi) is 18.5. The number of aliphatic carboxylic acids is 1. The molecule has 1 aliphatic rings. The minimum Gasteiger partial charge on any atom is -0.550 e. The van der Waals surface area contributed by atoms with Crippen LogP contribution in [-0.2, 0) is 14.3 Å². The standard InChI is InChI=1S/C23H40O4.Na/c1-2-3-4-5-6-7-8-9-10-11-12-13-16-19-27-23(26)21-18-15-14-17-20(21)22(24)25;/h6-7,20-21H,2-5,8-19H2,1H3,(H,24,25);/q;+1/p-1/b7-6+;. The van der Waals surface area contributed by atoms with Gasteiger partial charge in [-0.25, -0.2) is 0 Å². The molecule has 0 N–H and O–H groups in total. The van der Waals surface area contributed by atoms with Gasteiger partial charge in [0.2, 0.25) is 0 Å². The number of carboxylic acid groups (broad SMARTS) is 1. The molecule has 0 heterocycles. The van der Waals surface area contributed by atoms with Crippen molar-refractivity contribution in [3.8, 4) is 0 Å². The number of hydrogen-bond donors (Lipinski definition) is 0. The van der Waals surface area contributed by atoms with Crippen molar-refractivity contribution < 1.29 is 49.0 Å². The molecule has 0 aliphatic heterocycles. The van der Waals surface area contributed by atoms with Gasteiger partial charge in [-0.3, -0.25) is 4.79 Å². The molecule has 1 rings (SSSR count). The van der Waals surface area contributed by atoms with Crippen molar-refractivity contribution in [3.05, 3.63) is 12.2 Å². The maximum atomic E-state index is 12.1. The van der Waals surface area contributed by atoms with Gasteiger partial charge in [-0.05, 0) is 44.9 Å². The quantitative estimate of drug-likeness (QED) is 0.182. The van der Waals surface area contributed by atoms with Gasteiger partial charge in [-0.1, -0.05) is 70.4 Å². The van der Waals surface area contributed by atoms with Crippen LogP contribution in [-0.4, -0.2) is 18.5 Å². The van der Waals surface area contributed by atoms with E-state index in [9.17, 15) is 14.7 Å². The SMILES string of the molecule is CCCCC/C=C/CCCCCCCCOC(=O)C1CCCCC1C(=O)[O-].[Na+]. The van der Waals surface area contributed by atoms with E-state index in [2.05, 4.69) is 19.1 Å². The number of carbonyl (C=O) groups is 2.